The smallest absolute Gasteiger partial charge is 0.262 e. The van der Waals surface area contributed by atoms with Gasteiger partial charge in [-0.1, -0.05) is 36.4 Å². The van der Waals surface area contributed by atoms with Crippen molar-refractivity contribution < 1.29 is 4.79 Å². The van der Waals surface area contributed by atoms with Crippen LogP contribution in [0.25, 0.3) is 10.9 Å². The van der Waals surface area contributed by atoms with Crippen LogP contribution in [0.1, 0.15) is 20.3 Å². The third kappa shape index (κ3) is 4.19. The van der Waals surface area contributed by atoms with Crippen LogP contribution in [-0.2, 0) is 11.3 Å². The van der Waals surface area contributed by atoms with E-state index in [1.165, 1.54) is 11.8 Å². The highest BCUT2D eigenvalue weighted by Crippen LogP contribution is 2.24. The molecular weight excluding hydrogens is 346 g/mol. The molecule has 1 N–H and O–H groups in total. The van der Waals surface area contributed by atoms with Gasteiger partial charge < -0.3 is 5.32 Å². The largest absolute Gasteiger partial charge is 0.352 e. The van der Waals surface area contributed by atoms with Gasteiger partial charge in [0.05, 0.1) is 16.2 Å². The van der Waals surface area contributed by atoms with Crippen molar-refractivity contribution in [3.63, 3.8) is 0 Å². The number of benzene rings is 1. The van der Waals surface area contributed by atoms with E-state index in [0.29, 0.717) is 34.2 Å². The van der Waals surface area contributed by atoms with Gasteiger partial charge >= 0.3 is 0 Å². The zero-order valence-electron chi connectivity index (χ0n) is 13.7. The first-order chi connectivity index (χ1) is 11.5. The number of nitrogens with zero attached hydrogens (tertiary/aromatic N) is 2. The number of halogens is 1. The summed E-state index contributed by atoms with van der Waals surface area (Å²) in [6, 6.07) is 5.04. The third-order valence-corrected chi connectivity index (χ3v) is 4.73. The van der Waals surface area contributed by atoms with Crippen molar-refractivity contribution in [2.75, 3.05) is 6.54 Å². The molecule has 0 fully saturated rings. The van der Waals surface area contributed by atoms with Gasteiger partial charge in [-0.15, -0.1) is 6.58 Å². The van der Waals surface area contributed by atoms with E-state index >= 15 is 0 Å². The first-order valence-electron chi connectivity index (χ1n) is 7.73. The lowest BCUT2D eigenvalue weighted by Gasteiger charge is -2.15. The van der Waals surface area contributed by atoms with Gasteiger partial charge in [-0.25, -0.2) is 4.98 Å². The van der Waals surface area contributed by atoms with Crippen LogP contribution < -0.4 is 10.9 Å². The Hall–Kier alpha value is -1.79. The van der Waals surface area contributed by atoms with Crippen molar-refractivity contribution in [3.8, 4) is 0 Å². The fourth-order valence-electron chi connectivity index (χ4n) is 2.21. The minimum atomic E-state index is -0.378. The van der Waals surface area contributed by atoms with Crippen LogP contribution in [0.3, 0.4) is 0 Å². The summed E-state index contributed by atoms with van der Waals surface area (Å²) in [6.07, 6.45) is 2.42. The summed E-state index contributed by atoms with van der Waals surface area (Å²) >= 11 is 7.27. The van der Waals surface area contributed by atoms with E-state index in [-0.39, 0.29) is 16.7 Å². The SMILES string of the molecule is C=CCNC(=O)C(C)Sc1nc2cc(Cl)ccc2c(=O)n1CCC. The first-order valence-corrected chi connectivity index (χ1v) is 8.99. The fourth-order valence-corrected chi connectivity index (χ4v) is 3.34. The van der Waals surface area contributed by atoms with Gasteiger partial charge in [0, 0.05) is 18.1 Å². The first kappa shape index (κ1) is 18.5. The Morgan fingerprint density at radius 1 is 1.54 bits per heavy atom. The summed E-state index contributed by atoms with van der Waals surface area (Å²) in [6.45, 7) is 8.31. The molecule has 7 heteroatoms. The van der Waals surface area contributed by atoms with Crippen molar-refractivity contribution in [2.24, 2.45) is 0 Å². The van der Waals surface area contributed by atoms with Crippen molar-refractivity contribution >= 4 is 40.2 Å². The number of amides is 1. The number of aromatic nitrogens is 2. The number of thioether (sulfide) groups is 1. The number of carbonyl (C=O) groups excluding carboxylic acids is 1. The fraction of sp³-hybridized carbons (Fsp3) is 0.353. The number of rotatable bonds is 7. The highest BCUT2D eigenvalue weighted by Gasteiger charge is 2.18. The van der Waals surface area contributed by atoms with Crippen molar-refractivity contribution in [3.05, 3.63) is 46.2 Å². The quantitative estimate of drug-likeness (QED) is 0.464. The van der Waals surface area contributed by atoms with Gasteiger partial charge in [-0.05, 0) is 31.5 Å². The van der Waals surface area contributed by atoms with Crippen molar-refractivity contribution in [1.29, 1.82) is 0 Å². The lowest BCUT2D eigenvalue weighted by Crippen LogP contribution is -2.32. The molecular formula is C17H20ClN3O2S. The second-order valence-electron chi connectivity index (χ2n) is 5.31. The molecule has 1 unspecified atom stereocenters. The number of hydrogen-bond donors (Lipinski definition) is 1. The molecule has 1 aromatic heterocycles. The van der Waals surface area contributed by atoms with E-state index in [2.05, 4.69) is 16.9 Å². The van der Waals surface area contributed by atoms with E-state index in [4.69, 9.17) is 11.6 Å². The molecule has 1 heterocycles. The van der Waals surface area contributed by atoms with Crippen molar-refractivity contribution in [1.82, 2.24) is 14.9 Å². The summed E-state index contributed by atoms with van der Waals surface area (Å²) in [5.41, 5.74) is 0.431. The van der Waals surface area contributed by atoms with Gasteiger partial charge in [0.25, 0.3) is 5.56 Å². The van der Waals surface area contributed by atoms with Crippen molar-refractivity contribution in [2.45, 2.75) is 37.2 Å². The summed E-state index contributed by atoms with van der Waals surface area (Å²) in [4.78, 5) is 29.3. The lowest BCUT2D eigenvalue weighted by molar-refractivity contribution is -0.120. The lowest BCUT2D eigenvalue weighted by atomic mass is 10.2. The number of carbonyl (C=O) groups is 1. The third-order valence-electron chi connectivity index (χ3n) is 3.40. The van der Waals surface area contributed by atoms with E-state index in [9.17, 15) is 9.59 Å². The van der Waals surface area contributed by atoms with Crippen LogP contribution in [-0.4, -0.2) is 27.3 Å². The summed E-state index contributed by atoms with van der Waals surface area (Å²) < 4.78 is 1.62. The molecule has 2 aromatic rings. The van der Waals surface area contributed by atoms with Crippen LogP contribution in [0.2, 0.25) is 5.02 Å². The van der Waals surface area contributed by atoms with Gasteiger partial charge in [0.1, 0.15) is 0 Å². The molecule has 1 amide bonds. The molecule has 0 radical (unpaired) electrons. The van der Waals surface area contributed by atoms with Crippen LogP contribution >= 0.6 is 23.4 Å². The van der Waals surface area contributed by atoms with Crippen LogP contribution in [0, 0.1) is 0 Å². The monoisotopic (exact) mass is 365 g/mol. The summed E-state index contributed by atoms with van der Waals surface area (Å²) in [5.74, 6) is -0.122. The van der Waals surface area contributed by atoms with Crippen LogP contribution in [0.4, 0.5) is 0 Å². The molecule has 0 aliphatic rings. The Kier molecular flexibility index (Phi) is 6.45. The van der Waals surface area contributed by atoms with Crippen LogP contribution in [0.5, 0.6) is 0 Å². The minimum Gasteiger partial charge on any atom is -0.352 e. The van der Waals surface area contributed by atoms with E-state index in [1.807, 2.05) is 6.92 Å². The minimum absolute atomic E-state index is 0.111. The molecule has 0 aliphatic carbocycles. The normalized spacial score (nSPS) is 12.1. The molecule has 1 aromatic carbocycles. The Labute approximate surface area is 150 Å². The molecule has 128 valence electrons. The van der Waals surface area contributed by atoms with Gasteiger partial charge in [0.2, 0.25) is 5.91 Å². The second kappa shape index (κ2) is 8.35. The van der Waals surface area contributed by atoms with Gasteiger partial charge in [-0.3, -0.25) is 14.2 Å². The average Bonchev–Trinajstić information content (AvgIpc) is 2.55. The summed E-state index contributed by atoms with van der Waals surface area (Å²) in [7, 11) is 0. The number of fused-ring (bicyclic) bond motifs is 1. The maximum atomic E-state index is 12.7. The van der Waals surface area contributed by atoms with E-state index in [1.54, 1.807) is 35.8 Å². The zero-order chi connectivity index (χ0) is 17.7. The topological polar surface area (TPSA) is 64.0 Å². The maximum absolute atomic E-state index is 12.7. The van der Waals surface area contributed by atoms with Crippen LogP contribution in [0.15, 0.2) is 40.8 Å². The Morgan fingerprint density at radius 3 is 2.96 bits per heavy atom. The number of nitrogens with one attached hydrogen (secondary N) is 1. The van der Waals surface area contributed by atoms with Gasteiger partial charge in [-0.2, -0.15) is 0 Å². The zero-order valence-corrected chi connectivity index (χ0v) is 15.3. The molecule has 5 nitrogen and oxygen atoms in total. The maximum Gasteiger partial charge on any atom is 0.262 e. The molecule has 0 saturated carbocycles. The van der Waals surface area contributed by atoms with Gasteiger partial charge in [0.15, 0.2) is 5.16 Å². The molecule has 0 saturated heterocycles. The molecule has 24 heavy (non-hydrogen) atoms. The predicted octanol–water partition coefficient (Wildman–Crippen LogP) is 3.24. The molecule has 0 spiro atoms. The molecule has 0 bridgehead atoms. The highest BCUT2D eigenvalue weighted by molar-refractivity contribution is 8.00. The highest BCUT2D eigenvalue weighted by atomic mass is 35.5. The second-order valence-corrected chi connectivity index (χ2v) is 7.05. The predicted molar refractivity (Wildman–Crippen MR) is 99.8 cm³/mol. The van der Waals surface area contributed by atoms with E-state index in [0.717, 1.165) is 6.42 Å². The Balaban J connectivity index is 2.43. The number of hydrogen-bond acceptors (Lipinski definition) is 4. The Morgan fingerprint density at radius 2 is 2.29 bits per heavy atom. The summed E-state index contributed by atoms with van der Waals surface area (Å²) in [5, 5.41) is 3.95. The standard InChI is InChI=1S/C17H20ClN3O2S/c1-4-8-19-15(22)11(3)24-17-20-14-10-12(18)6-7-13(14)16(23)21(17)9-5-2/h4,6-7,10-11H,1,5,8-9H2,2-3H3,(H,19,22). The van der Waals surface area contributed by atoms with E-state index < -0.39 is 0 Å². The molecule has 1 atom stereocenters. The molecule has 2 rings (SSSR count). The average molecular weight is 366 g/mol. The molecule has 0 aliphatic heterocycles. The Bertz CT molecular complexity index is 819.